The number of rotatable bonds is 4. The minimum absolute atomic E-state index is 0.152. The van der Waals surface area contributed by atoms with Crippen LogP contribution in [0.25, 0.3) is 0 Å². The third-order valence-electron chi connectivity index (χ3n) is 3.23. The number of nitrogens with two attached hydrogens (primary N) is 1. The summed E-state index contributed by atoms with van der Waals surface area (Å²) in [5, 5.41) is 9.25. The van der Waals surface area contributed by atoms with Crippen molar-refractivity contribution in [1.29, 1.82) is 0 Å². The summed E-state index contributed by atoms with van der Waals surface area (Å²) < 4.78 is 26.4. The molecule has 0 aliphatic carbocycles. The smallest absolute Gasteiger partial charge is 0.243 e. The van der Waals surface area contributed by atoms with E-state index < -0.39 is 10.0 Å². The third kappa shape index (κ3) is 3.34. The van der Waals surface area contributed by atoms with Crippen LogP contribution in [0.4, 0.5) is 5.69 Å². The molecule has 0 saturated heterocycles. The van der Waals surface area contributed by atoms with Crippen LogP contribution in [0.15, 0.2) is 47.4 Å². The van der Waals surface area contributed by atoms with E-state index in [0.717, 1.165) is 5.56 Å². The first-order valence-corrected chi connectivity index (χ1v) is 7.85. The van der Waals surface area contributed by atoms with Crippen LogP contribution in [-0.2, 0) is 16.6 Å². The van der Waals surface area contributed by atoms with Crippen LogP contribution in [-0.4, -0.2) is 24.9 Å². The predicted octanol–water partition coefficient (Wildman–Crippen LogP) is 2.10. The molecule has 2 aromatic carbocycles. The van der Waals surface area contributed by atoms with E-state index in [1.54, 1.807) is 31.2 Å². The second-order valence-electron chi connectivity index (χ2n) is 4.95. The van der Waals surface area contributed by atoms with Crippen molar-refractivity contribution in [2.45, 2.75) is 18.4 Å². The van der Waals surface area contributed by atoms with E-state index in [-0.39, 0.29) is 17.2 Å². The van der Waals surface area contributed by atoms with Gasteiger partial charge >= 0.3 is 0 Å². The number of benzene rings is 2. The molecule has 0 fully saturated rings. The fourth-order valence-electron chi connectivity index (χ4n) is 2.07. The molecule has 0 aliphatic heterocycles. The number of hydrogen-bond donors (Lipinski definition) is 2. The first-order chi connectivity index (χ1) is 9.80. The average Bonchev–Trinajstić information content (AvgIpc) is 2.40. The second-order valence-corrected chi connectivity index (χ2v) is 6.97. The number of anilines is 1. The number of hydrogen-bond acceptors (Lipinski definition) is 4. The van der Waals surface area contributed by atoms with E-state index in [9.17, 15) is 13.5 Å². The molecule has 0 aromatic heterocycles. The summed E-state index contributed by atoms with van der Waals surface area (Å²) in [7, 11) is -2.05. The minimum Gasteiger partial charge on any atom is -0.508 e. The van der Waals surface area contributed by atoms with Gasteiger partial charge in [-0.1, -0.05) is 12.1 Å². The molecule has 3 N–H and O–H groups in total. The topological polar surface area (TPSA) is 83.6 Å². The molecule has 21 heavy (non-hydrogen) atoms. The van der Waals surface area contributed by atoms with Crippen LogP contribution in [0.5, 0.6) is 5.75 Å². The SMILES string of the molecule is Cc1cc(N)ccc1S(=O)(=O)N(C)Cc1ccc(O)cc1. The normalized spacial score (nSPS) is 11.8. The maximum Gasteiger partial charge on any atom is 0.243 e. The Morgan fingerprint density at radius 2 is 1.76 bits per heavy atom. The predicted molar refractivity (Wildman–Crippen MR) is 82.4 cm³/mol. The quantitative estimate of drug-likeness (QED) is 0.847. The lowest BCUT2D eigenvalue weighted by Gasteiger charge is -2.19. The van der Waals surface area contributed by atoms with Gasteiger partial charge in [-0.25, -0.2) is 8.42 Å². The molecular formula is C15H18N2O3S. The van der Waals surface area contributed by atoms with Gasteiger partial charge in [0.2, 0.25) is 10.0 Å². The molecule has 0 saturated carbocycles. The largest absolute Gasteiger partial charge is 0.508 e. The molecule has 6 heteroatoms. The molecular weight excluding hydrogens is 288 g/mol. The maximum atomic E-state index is 12.6. The van der Waals surface area contributed by atoms with Crippen molar-refractivity contribution < 1.29 is 13.5 Å². The molecule has 5 nitrogen and oxygen atoms in total. The van der Waals surface area contributed by atoms with Gasteiger partial charge in [0.15, 0.2) is 0 Å². The molecule has 0 amide bonds. The van der Waals surface area contributed by atoms with Crippen LogP contribution >= 0.6 is 0 Å². The average molecular weight is 306 g/mol. The zero-order valence-corrected chi connectivity index (χ0v) is 12.8. The number of phenolic OH excluding ortho intramolecular Hbond substituents is 1. The zero-order valence-electron chi connectivity index (χ0n) is 11.9. The van der Waals surface area contributed by atoms with Gasteiger partial charge in [0.25, 0.3) is 0 Å². The Morgan fingerprint density at radius 1 is 1.14 bits per heavy atom. The highest BCUT2D eigenvalue weighted by molar-refractivity contribution is 7.89. The van der Waals surface area contributed by atoms with Crippen molar-refractivity contribution >= 4 is 15.7 Å². The number of nitrogen functional groups attached to an aromatic ring is 1. The standard InChI is InChI=1S/C15H18N2O3S/c1-11-9-13(16)5-8-15(11)21(19,20)17(2)10-12-3-6-14(18)7-4-12/h3-9,18H,10,16H2,1-2H3. The monoisotopic (exact) mass is 306 g/mol. The van der Waals surface area contributed by atoms with Crippen LogP contribution in [0, 0.1) is 6.92 Å². The van der Waals surface area contributed by atoms with E-state index in [1.807, 2.05) is 0 Å². The molecule has 112 valence electrons. The van der Waals surface area contributed by atoms with Crippen LogP contribution < -0.4 is 5.73 Å². The summed E-state index contributed by atoms with van der Waals surface area (Å²) >= 11 is 0. The molecule has 0 heterocycles. The van der Waals surface area contributed by atoms with Gasteiger partial charge in [0.1, 0.15) is 5.75 Å². The summed E-state index contributed by atoms with van der Waals surface area (Å²) in [6.45, 7) is 1.95. The lowest BCUT2D eigenvalue weighted by Crippen LogP contribution is -2.27. The van der Waals surface area contributed by atoms with Gasteiger partial charge < -0.3 is 10.8 Å². The first kappa shape index (κ1) is 15.3. The Hall–Kier alpha value is -2.05. The number of aromatic hydroxyl groups is 1. The second kappa shape index (κ2) is 5.75. The van der Waals surface area contributed by atoms with E-state index in [2.05, 4.69) is 0 Å². The molecule has 0 bridgehead atoms. The highest BCUT2D eigenvalue weighted by Crippen LogP contribution is 2.22. The van der Waals surface area contributed by atoms with Gasteiger partial charge in [-0.3, -0.25) is 0 Å². The minimum atomic E-state index is -3.58. The summed E-state index contributed by atoms with van der Waals surface area (Å²) in [5.74, 6) is 0.152. The number of aryl methyl sites for hydroxylation is 1. The van der Waals surface area contributed by atoms with Crippen molar-refractivity contribution in [3.63, 3.8) is 0 Å². The summed E-state index contributed by atoms with van der Waals surface area (Å²) in [5.41, 5.74) is 7.60. The third-order valence-corrected chi connectivity index (χ3v) is 5.19. The lowest BCUT2D eigenvalue weighted by atomic mass is 10.2. The Kier molecular flexibility index (Phi) is 4.20. The van der Waals surface area contributed by atoms with Gasteiger partial charge in [-0.15, -0.1) is 0 Å². The van der Waals surface area contributed by atoms with Gasteiger partial charge in [0.05, 0.1) is 4.90 Å². The number of phenols is 1. The summed E-state index contributed by atoms with van der Waals surface area (Å²) in [6.07, 6.45) is 0. The van der Waals surface area contributed by atoms with E-state index >= 15 is 0 Å². The summed E-state index contributed by atoms with van der Waals surface area (Å²) in [6, 6.07) is 11.2. The van der Waals surface area contributed by atoms with E-state index in [0.29, 0.717) is 11.3 Å². The van der Waals surface area contributed by atoms with Crippen LogP contribution in [0.1, 0.15) is 11.1 Å². The molecule has 0 aliphatic rings. The molecule has 0 spiro atoms. The van der Waals surface area contributed by atoms with Crippen molar-refractivity contribution in [3.8, 4) is 5.75 Å². The molecule has 0 atom stereocenters. The van der Waals surface area contributed by atoms with Gasteiger partial charge in [-0.05, 0) is 48.4 Å². The van der Waals surface area contributed by atoms with Crippen LogP contribution in [0.3, 0.4) is 0 Å². The maximum absolute atomic E-state index is 12.6. The Morgan fingerprint density at radius 3 is 2.33 bits per heavy atom. The highest BCUT2D eigenvalue weighted by Gasteiger charge is 2.22. The summed E-state index contributed by atoms with van der Waals surface area (Å²) in [4.78, 5) is 0.248. The zero-order chi connectivity index (χ0) is 15.6. The molecule has 0 radical (unpaired) electrons. The van der Waals surface area contributed by atoms with Gasteiger partial charge in [0, 0.05) is 19.3 Å². The lowest BCUT2D eigenvalue weighted by molar-refractivity contribution is 0.463. The van der Waals surface area contributed by atoms with Crippen molar-refractivity contribution in [1.82, 2.24) is 4.31 Å². The van der Waals surface area contributed by atoms with Crippen LogP contribution in [0.2, 0.25) is 0 Å². The van der Waals surface area contributed by atoms with E-state index in [1.165, 1.54) is 29.6 Å². The Labute approximate surface area is 124 Å². The Balaban J connectivity index is 2.28. The highest BCUT2D eigenvalue weighted by atomic mass is 32.2. The number of sulfonamides is 1. The fraction of sp³-hybridized carbons (Fsp3) is 0.200. The van der Waals surface area contributed by atoms with Crippen molar-refractivity contribution in [2.24, 2.45) is 0 Å². The molecule has 2 aromatic rings. The van der Waals surface area contributed by atoms with Crippen molar-refractivity contribution in [2.75, 3.05) is 12.8 Å². The number of nitrogens with zero attached hydrogens (tertiary/aromatic N) is 1. The first-order valence-electron chi connectivity index (χ1n) is 6.41. The molecule has 2 rings (SSSR count). The van der Waals surface area contributed by atoms with E-state index in [4.69, 9.17) is 5.73 Å². The Bertz CT molecular complexity index is 740. The fourth-order valence-corrected chi connectivity index (χ4v) is 3.43. The van der Waals surface area contributed by atoms with Crippen molar-refractivity contribution in [3.05, 3.63) is 53.6 Å². The van der Waals surface area contributed by atoms with Gasteiger partial charge in [-0.2, -0.15) is 4.31 Å². The molecule has 0 unspecified atom stereocenters.